The number of halogens is 1. The lowest BCUT2D eigenvalue weighted by molar-refractivity contribution is 0.854. The zero-order valence-electron chi connectivity index (χ0n) is 15.6. The van der Waals surface area contributed by atoms with Gasteiger partial charge >= 0.3 is 0 Å². The Hall–Kier alpha value is -2.70. The normalized spacial score (nSPS) is 12.2. The maximum atomic E-state index is 4.85. The summed E-state index contributed by atoms with van der Waals surface area (Å²) in [5.41, 5.74) is 6.45. The van der Waals surface area contributed by atoms with E-state index in [-0.39, 0.29) is 0 Å². The van der Waals surface area contributed by atoms with E-state index in [2.05, 4.69) is 64.4 Å². The van der Waals surface area contributed by atoms with Crippen LogP contribution in [0.4, 0.5) is 5.69 Å². The van der Waals surface area contributed by atoms with Gasteiger partial charge in [-0.2, -0.15) is 5.10 Å². The van der Waals surface area contributed by atoms with Crippen molar-refractivity contribution in [2.24, 2.45) is 10.1 Å². The average Bonchev–Trinajstić information content (AvgIpc) is 3.34. The smallest absolute Gasteiger partial charge is 0.211 e. The SMILES string of the molecule is Cc1ccc(N=c2scc(-c3ccc(Br)cc3)n2N=Cc2ccc[nH]2)cc1C. The van der Waals surface area contributed by atoms with Gasteiger partial charge in [0.05, 0.1) is 23.3 Å². The largest absolute Gasteiger partial charge is 0.360 e. The predicted molar refractivity (Wildman–Crippen MR) is 120 cm³/mol. The van der Waals surface area contributed by atoms with Gasteiger partial charge in [-0.1, -0.05) is 34.1 Å². The van der Waals surface area contributed by atoms with Crippen LogP contribution >= 0.6 is 27.3 Å². The molecule has 0 aliphatic rings. The third-order valence-electron chi connectivity index (χ3n) is 4.47. The second kappa shape index (κ2) is 8.12. The van der Waals surface area contributed by atoms with Crippen LogP contribution in [0.1, 0.15) is 16.8 Å². The number of hydrogen-bond donors (Lipinski definition) is 1. The molecule has 4 nitrogen and oxygen atoms in total. The van der Waals surface area contributed by atoms with Gasteiger partial charge in [-0.25, -0.2) is 9.67 Å². The molecule has 0 aliphatic carbocycles. The fourth-order valence-corrected chi connectivity index (χ4v) is 3.88. The van der Waals surface area contributed by atoms with Gasteiger partial charge in [-0.3, -0.25) is 0 Å². The molecule has 4 aromatic rings. The number of H-pyrrole nitrogens is 1. The average molecular weight is 451 g/mol. The van der Waals surface area contributed by atoms with Crippen molar-refractivity contribution in [1.82, 2.24) is 9.66 Å². The molecule has 0 saturated carbocycles. The van der Waals surface area contributed by atoms with Crippen LogP contribution < -0.4 is 4.80 Å². The molecule has 28 heavy (non-hydrogen) atoms. The molecule has 0 radical (unpaired) electrons. The minimum Gasteiger partial charge on any atom is -0.360 e. The van der Waals surface area contributed by atoms with E-state index in [0.717, 1.165) is 31.9 Å². The van der Waals surface area contributed by atoms with E-state index in [0.29, 0.717) is 0 Å². The van der Waals surface area contributed by atoms with Gasteiger partial charge in [-0.15, -0.1) is 11.3 Å². The lowest BCUT2D eigenvalue weighted by atomic mass is 10.1. The number of nitrogens with one attached hydrogen (secondary N) is 1. The third-order valence-corrected chi connectivity index (χ3v) is 5.82. The fraction of sp³-hybridized carbons (Fsp3) is 0.0909. The van der Waals surface area contributed by atoms with Crippen molar-refractivity contribution in [2.75, 3.05) is 0 Å². The first kappa shape index (κ1) is 18.7. The second-order valence-electron chi connectivity index (χ2n) is 6.47. The van der Waals surface area contributed by atoms with Crippen LogP contribution in [-0.2, 0) is 0 Å². The summed E-state index contributed by atoms with van der Waals surface area (Å²) in [4.78, 5) is 8.83. The summed E-state index contributed by atoms with van der Waals surface area (Å²) >= 11 is 5.08. The summed E-state index contributed by atoms with van der Waals surface area (Å²) < 4.78 is 2.94. The third kappa shape index (κ3) is 4.08. The first-order valence-corrected chi connectivity index (χ1v) is 10.5. The van der Waals surface area contributed by atoms with Gasteiger partial charge in [0.1, 0.15) is 0 Å². The lowest BCUT2D eigenvalue weighted by Gasteiger charge is -2.04. The van der Waals surface area contributed by atoms with Gasteiger partial charge in [0.2, 0.25) is 4.80 Å². The van der Waals surface area contributed by atoms with E-state index in [1.54, 1.807) is 11.3 Å². The summed E-state index contributed by atoms with van der Waals surface area (Å²) in [6, 6.07) is 18.4. The highest BCUT2D eigenvalue weighted by Gasteiger charge is 2.08. The van der Waals surface area contributed by atoms with Crippen LogP contribution in [0.3, 0.4) is 0 Å². The van der Waals surface area contributed by atoms with Crippen molar-refractivity contribution in [1.29, 1.82) is 0 Å². The van der Waals surface area contributed by atoms with Crippen LogP contribution in [0.15, 0.2) is 80.7 Å². The molecule has 140 valence electrons. The molecule has 2 heterocycles. The lowest BCUT2D eigenvalue weighted by Crippen LogP contribution is -2.11. The van der Waals surface area contributed by atoms with E-state index >= 15 is 0 Å². The molecule has 0 fully saturated rings. The number of rotatable bonds is 4. The molecule has 2 aromatic carbocycles. The number of benzene rings is 2. The van der Waals surface area contributed by atoms with Crippen molar-refractivity contribution >= 4 is 39.2 Å². The monoisotopic (exact) mass is 450 g/mol. The Labute approximate surface area is 176 Å². The standard InChI is InChI=1S/C22H19BrN4S/c1-15-5-10-19(12-16(15)2)26-22-27(25-13-20-4-3-11-24-20)21(14-28-22)17-6-8-18(23)9-7-17/h3-14,24H,1-2H3. The van der Waals surface area contributed by atoms with Crippen molar-refractivity contribution in [3.05, 3.63) is 92.3 Å². The number of aromatic amines is 1. The van der Waals surface area contributed by atoms with Crippen LogP contribution in [-0.4, -0.2) is 15.9 Å². The van der Waals surface area contributed by atoms with E-state index < -0.39 is 0 Å². The van der Waals surface area contributed by atoms with Gasteiger partial charge in [0, 0.05) is 21.6 Å². The predicted octanol–water partition coefficient (Wildman–Crippen LogP) is 6.04. The highest BCUT2D eigenvalue weighted by molar-refractivity contribution is 9.10. The van der Waals surface area contributed by atoms with Gasteiger partial charge < -0.3 is 4.98 Å². The molecule has 6 heteroatoms. The fourth-order valence-electron chi connectivity index (χ4n) is 2.76. The Bertz CT molecular complexity index is 1180. The molecule has 0 unspecified atom stereocenters. The zero-order chi connectivity index (χ0) is 19.5. The summed E-state index contributed by atoms with van der Waals surface area (Å²) in [5.74, 6) is 0. The van der Waals surface area contributed by atoms with Crippen molar-refractivity contribution in [3.8, 4) is 11.3 Å². The van der Waals surface area contributed by atoms with Gasteiger partial charge in [0.25, 0.3) is 0 Å². The Morgan fingerprint density at radius 1 is 1.04 bits per heavy atom. The first-order chi connectivity index (χ1) is 13.6. The second-order valence-corrected chi connectivity index (χ2v) is 8.22. The molecule has 0 amide bonds. The first-order valence-electron chi connectivity index (χ1n) is 8.86. The summed E-state index contributed by atoms with van der Waals surface area (Å²) in [5, 5.41) is 6.80. The van der Waals surface area contributed by atoms with Crippen molar-refractivity contribution in [3.63, 3.8) is 0 Å². The molecule has 0 spiro atoms. The number of nitrogens with zero attached hydrogens (tertiary/aromatic N) is 3. The Kier molecular flexibility index (Phi) is 5.41. The summed E-state index contributed by atoms with van der Waals surface area (Å²) in [6.45, 7) is 4.21. The van der Waals surface area contributed by atoms with Gasteiger partial charge in [0.15, 0.2) is 0 Å². The molecule has 0 bridgehead atoms. The van der Waals surface area contributed by atoms with E-state index in [1.165, 1.54) is 11.1 Å². The Balaban J connectivity index is 1.84. The molecule has 0 aliphatic heterocycles. The van der Waals surface area contributed by atoms with Crippen LogP contribution in [0.5, 0.6) is 0 Å². The summed E-state index contributed by atoms with van der Waals surface area (Å²) in [6.07, 6.45) is 3.70. The highest BCUT2D eigenvalue weighted by atomic mass is 79.9. The quantitative estimate of drug-likeness (QED) is 0.368. The molecule has 2 aromatic heterocycles. The topological polar surface area (TPSA) is 45.4 Å². The molecular formula is C22H19BrN4S. The number of hydrogen-bond acceptors (Lipinski definition) is 3. The molecule has 1 N–H and O–H groups in total. The number of aryl methyl sites for hydroxylation is 2. The van der Waals surface area contributed by atoms with E-state index in [1.807, 2.05) is 47.4 Å². The minimum atomic E-state index is 0.823. The van der Waals surface area contributed by atoms with Crippen molar-refractivity contribution < 1.29 is 0 Å². The minimum absolute atomic E-state index is 0.823. The summed E-state index contributed by atoms with van der Waals surface area (Å²) in [7, 11) is 0. The number of thiazole rings is 1. The van der Waals surface area contributed by atoms with Gasteiger partial charge in [-0.05, 0) is 61.4 Å². The van der Waals surface area contributed by atoms with E-state index in [4.69, 9.17) is 10.1 Å². The molecule has 4 rings (SSSR count). The van der Waals surface area contributed by atoms with E-state index in [9.17, 15) is 0 Å². The van der Waals surface area contributed by atoms with Crippen LogP contribution in [0, 0.1) is 13.8 Å². The molecule has 0 atom stereocenters. The van der Waals surface area contributed by atoms with Crippen LogP contribution in [0.25, 0.3) is 11.3 Å². The Morgan fingerprint density at radius 2 is 1.86 bits per heavy atom. The van der Waals surface area contributed by atoms with Crippen LogP contribution in [0.2, 0.25) is 0 Å². The number of aromatic nitrogens is 2. The zero-order valence-corrected chi connectivity index (χ0v) is 18.0. The maximum absolute atomic E-state index is 4.85. The maximum Gasteiger partial charge on any atom is 0.211 e. The molecular weight excluding hydrogens is 432 g/mol. The Morgan fingerprint density at radius 3 is 2.57 bits per heavy atom. The van der Waals surface area contributed by atoms with Crippen molar-refractivity contribution in [2.45, 2.75) is 13.8 Å². The highest BCUT2D eigenvalue weighted by Crippen LogP contribution is 2.23. The molecule has 0 saturated heterocycles.